The number of hydrogen-bond acceptors (Lipinski definition) is 8. The van der Waals surface area contributed by atoms with Crippen molar-refractivity contribution in [2.45, 2.75) is 49.1 Å². The number of ether oxygens (including phenoxy) is 1. The largest absolute Gasteiger partial charge is 0.495 e. The van der Waals surface area contributed by atoms with Crippen LogP contribution in [0, 0.1) is 0 Å². The molecule has 1 fully saturated rings. The molecule has 0 spiro atoms. The van der Waals surface area contributed by atoms with E-state index in [-0.39, 0.29) is 10.9 Å². The molecule has 0 radical (unpaired) electrons. The standard InChI is InChI=1S/C21H27N5O4S/c1-21(27)10-8-14(9-11-21)22-19-17-5-4-12-26(17)25-20(24-19)23-16-7-6-15(31(3,28)29)13-18(16)30-2/h4-7,12-14,27H,8-11H2,1-3H3,(H2,22,23,24,25). The molecule has 0 bridgehead atoms. The lowest BCUT2D eigenvalue weighted by Gasteiger charge is -2.33. The van der Waals surface area contributed by atoms with Gasteiger partial charge in [-0.05, 0) is 56.9 Å². The van der Waals surface area contributed by atoms with Gasteiger partial charge in [-0.1, -0.05) is 0 Å². The van der Waals surface area contributed by atoms with Gasteiger partial charge in [-0.25, -0.2) is 12.9 Å². The summed E-state index contributed by atoms with van der Waals surface area (Å²) < 4.78 is 30.8. The average molecular weight is 446 g/mol. The zero-order valence-electron chi connectivity index (χ0n) is 17.8. The third kappa shape index (κ3) is 4.75. The molecule has 0 saturated heterocycles. The molecule has 2 heterocycles. The summed E-state index contributed by atoms with van der Waals surface area (Å²) in [4.78, 5) is 4.83. The monoisotopic (exact) mass is 445 g/mol. The fourth-order valence-electron chi connectivity index (χ4n) is 3.80. The van der Waals surface area contributed by atoms with Crippen molar-refractivity contribution in [3.8, 4) is 5.75 Å². The number of methoxy groups -OCH3 is 1. The van der Waals surface area contributed by atoms with Gasteiger partial charge in [0.25, 0.3) is 0 Å². The number of aliphatic hydroxyl groups is 1. The quantitative estimate of drug-likeness (QED) is 0.530. The van der Waals surface area contributed by atoms with Crippen LogP contribution < -0.4 is 15.4 Å². The molecule has 1 saturated carbocycles. The zero-order chi connectivity index (χ0) is 22.2. The lowest BCUT2D eigenvalue weighted by molar-refractivity contribution is 0.0196. The molecule has 31 heavy (non-hydrogen) atoms. The Labute approximate surface area is 181 Å². The Morgan fingerprint density at radius 2 is 2.00 bits per heavy atom. The Balaban J connectivity index is 1.62. The molecule has 0 unspecified atom stereocenters. The third-order valence-electron chi connectivity index (χ3n) is 5.64. The van der Waals surface area contributed by atoms with E-state index in [1.165, 1.54) is 19.2 Å². The molecule has 2 aromatic heterocycles. The molecular formula is C21H27N5O4S. The molecule has 0 atom stereocenters. The van der Waals surface area contributed by atoms with Crippen LogP contribution in [-0.2, 0) is 9.84 Å². The fourth-order valence-corrected chi connectivity index (χ4v) is 4.43. The van der Waals surface area contributed by atoms with Crippen LogP contribution in [0.5, 0.6) is 5.75 Å². The first kappa shape index (κ1) is 21.4. The van der Waals surface area contributed by atoms with Gasteiger partial charge in [-0.15, -0.1) is 5.10 Å². The van der Waals surface area contributed by atoms with Gasteiger partial charge < -0.3 is 20.5 Å². The summed E-state index contributed by atoms with van der Waals surface area (Å²) in [5.74, 6) is 1.42. The molecule has 1 aliphatic rings. The summed E-state index contributed by atoms with van der Waals surface area (Å²) in [6.07, 6.45) is 6.18. The van der Waals surface area contributed by atoms with E-state index in [2.05, 4.69) is 20.7 Å². The SMILES string of the molecule is COc1cc(S(C)(=O)=O)ccc1Nc1nc(NC2CCC(C)(O)CC2)c2cccn2n1. The highest BCUT2D eigenvalue weighted by Crippen LogP contribution is 2.32. The van der Waals surface area contributed by atoms with Crippen LogP contribution in [0.25, 0.3) is 5.52 Å². The van der Waals surface area contributed by atoms with Gasteiger partial charge in [-0.3, -0.25) is 0 Å². The van der Waals surface area contributed by atoms with E-state index in [4.69, 9.17) is 4.74 Å². The minimum Gasteiger partial charge on any atom is -0.495 e. The first-order chi connectivity index (χ1) is 14.6. The number of benzene rings is 1. The van der Waals surface area contributed by atoms with Crippen molar-refractivity contribution in [3.63, 3.8) is 0 Å². The van der Waals surface area contributed by atoms with Crippen molar-refractivity contribution in [2.75, 3.05) is 24.0 Å². The summed E-state index contributed by atoms with van der Waals surface area (Å²) in [7, 11) is -1.87. The Morgan fingerprint density at radius 1 is 1.26 bits per heavy atom. The molecule has 3 N–H and O–H groups in total. The highest BCUT2D eigenvalue weighted by Gasteiger charge is 2.29. The minimum absolute atomic E-state index is 0.173. The highest BCUT2D eigenvalue weighted by molar-refractivity contribution is 7.90. The number of sulfone groups is 1. The van der Waals surface area contributed by atoms with Crippen molar-refractivity contribution in [1.29, 1.82) is 0 Å². The maximum absolute atomic E-state index is 11.8. The van der Waals surface area contributed by atoms with Crippen LogP contribution in [0.1, 0.15) is 32.6 Å². The van der Waals surface area contributed by atoms with E-state index >= 15 is 0 Å². The molecule has 9 nitrogen and oxygen atoms in total. The number of rotatable bonds is 6. The fraction of sp³-hybridized carbons (Fsp3) is 0.429. The predicted molar refractivity (Wildman–Crippen MR) is 119 cm³/mol. The minimum atomic E-state index is -3.35. The van der Waals surface area contributed by atoms with Gasteiger partial charge in [0.15, 0.2) is 15.7 Å². The zero-order valence-corrected chi connectivity index (χ0v) is 18.6. The lowest BCUT2D eigenvalue weighted by atomic mass is 9.84. The summed E-state index contributed by atoms with van der Waals surface area (Å²) >= 11 is 0. The van der Waals surface area contributed by atoms with Crippen LogP contribution in [0.3, 0.4) is 0 Å². The van der Waals surface area contributed by atoms with E-state index in [1.807, 2.05) is 25.3 Å². The third-order valence-corrected chi connectivity index (χ3v) is 6.75. The first-order valence-corrected chi connectivity index (χ1v) is 12.0. The second-order valence-electron chi connectivity index (χ2n) is 8.30. The topological polar surface area (TPSA) is 118 Å². The Kier molecular flexibility index (Phi) is 5.52. The molecule has 1 aliphatic carbocycles. The maximum atomic E-state index is 11.8. The van der Waals surface area contributed by atoms with Gasteiger partial charge in [0.2, 0.25) is 5.95 Å². The Morgan fingerprint density at radius 3 is 2.68 bits per heavy atom. The van der Waals surface area contributed by atoms with E-state index in [1.54, 1.807) is 10.6 Å². The number of nitrogens with one attached hydrogen (secondary N) is 2. The van der Waals surface area contributed by atoms with Crippen LogP contribution in [0.4, 0.5) is 17.5 Å². The Hall–Kier alpha value is -2.85. The van der Waals surface area contributed by atoms with E-state index < -0.39 is 15.4 Å². The second kappa shape index (κ2) is 8.01. The van der Waals surface area contributed by atoms with E-state index in [9.17, 15) is 13.5 Å². The van der Waals surface area contributed by atoms with Gasteiger partial charge in [0.1, 0.15) is 11.3 Å². The second-order valence-corrected chi connectivity index (χ2v) is 10.3. The Bertz CT molecular complexity index is 1200. The number of fused-ring (bicyclic) bond motifs is 1. The predicted octanol–water partition coefficient (Wildman–Crippen LogP) is 2.99. The van der Waals surface area contributed by atoms with Crippen molar-refractivity contribution in [1.82, 2.24) is 14.6 Å². The molecular weight excluding hydrogens is 418 g/mol. The first-order valence-electron chi connectivity index (χ1n) is 10.1. The van der Waals surface area contributed by atoms with Crippen LogP contribution in [0.2, 0.25) is 0 Å². The summed E-state index contributed by atoms with van der Waals surface area (Å²) in [5.41, 5.74) is 0.804. The molecule has 3 aromatic rings. The summed E-state index contributed by atoms with van der Waals surface area (Å²) in [6, 6.07) is 8.67. The molecule has 10 heteroatoms. The normalized spacial score (nSPS) is 21.7. The number of hydrogen-bond donors (Lipinski definition) is 3. The van der Waals surface area contributed by atoms with E-state index in [0.717, 1.165) is 37.5 Å². The smallest absolute Gasteiger partial charge is 0.247 e. The lowest BCUT2D eigenvalue weighted by Crippen LogP contribution is -2.36. The highest BCUT2D eigenvalue weighted by atomic mass is 32.2. The van der Waals surface area contributed by atoms with Gasteiger partial charge in [0, 0.05) is 24.6 Å². The molecule has 0 amide bonds. The van der Waals surface area contributed by atoms with Gasteiger partial charge >= 0.3 is 0 Å². The molecule has 4 rings (SSSR count). The van der Waals surface area contributed by atoms with Crippen molar-refractivity contribution >= 4 is 32.8 Å². The van der Waals surface area contributed by atoms with Crippen LogP contribution in [-0.4, -0.2) is 53.1 Å². The van der Waals surface area contributed by atoms with Crippen molar-refractivity contribution < 1.29 is 18.3 Å². The summed E-state index contributed by atoms with van der Waals surface area (Å²) in [5, 5.41) is 21.3. The number of aromatic nitrogens is 3. The molecule has 1 aromatic carbocycles. The molecule has 0 aliphatic heterocycles. The number of anilines is 3. The average Bonchev–Trinajstić information content (AvgIpc) is 3.18. The van der Waals surface area contributed by atoms with Crippen LogP contribution in [0.15, 0.2) is 41.4 Å². The van der Waals surface area contributed by atoms with Crippen molar-refractivity contribution in [3.05, 3.63) is 36.5 Å². The summed E-state index contributed by atoms with van der Waals surface area (Å²) in [6.45, 7) is 1.88. The molecule has 166 valence electrons. The van der Waals surface area contributed by atoms with Gasteiger partial charge in [-0.2, -0.15) is 4.98 Å². The number of nitrogens with zero attached hydrogens (tertiary/aromatic N) is 3. The van der Waals surface area contributed by atoms with Gasteiger partial charge in [0.05, 0.1) is 23.3 Å². The maximum Gasteiger partial charge on any atom is 0.247 e. The van der Waals surface area contributed by atoms with E-state index in [0.29, 0.717) is 23.2 Å². The van der Waals surface area contributed by atoms with Crippen LogP contribution >= 0.6 is 0 Å². The van der Waals surface area contributed by atoms with Crippen molar-refractivity contribution in [2.24, 2.45) is 0 Å².